The van der Waals surface area contributed by atoms with Crippen LogP contribution in [0.15, 0.2) is 48.7 Å². The van der Waals surface area contributed by atoms with Gasteiger partial charge < -0.3 is 4.74 Å². The standard InChI is InChI=1S/C13H11N3O/c1-17-11-8-5-9-16-12(14-15-13(11)16)10-6-3-2-4-7-10/h2-9H,1H3. The van der Waals surface area contributed by atoms with E-state index < -0.39 is 0 Å². The lowest BCUT2D eigenvalue weighted by atomic mass is 10.2. The number of ether oxygens (including phenoxy) is 1. The van der Waals surface area contributed by atoms with Crippen LogP contribution in [-0.2, 0) is 0 Å². The van der Waals surface area contributed by atoms with Gasteiger partial charge in [-0.3, -0.25) is 4.40 Å². The number of pyridine rings is 1. The van der Waals surface area contributed by atoms with Crippen molar-refractivity contribution in [1.82, 2.24) is 14.6 Å². The fourth-order valence-corrected chi connectivity index (χ4v) is 1.83. The number of methoxy groups -OCH3 is 1. The van der Waals surface area contributed by atoms with E-state index in [4.69, 9.17) is 4.74 Å². The Kier molecular flexibility index (Phi) is 2.26. The molecule has 0 atom stereocenters. The van der Waals surface area contributed by atoms with Gasteiger partial charge in [0.25, 0.3) is 0 Å². The van der Waals surface area contributed by atoms with Crippen LogP contribution in [0.2, 0.25) is 0 Å². The van der Waals surface area contributed by atoms with Crippen LogP contribution >= 0.6 is 0 Å². The minimum absolute atomic E-state index is 0.724. The van der Waals surface area contributed by atoms with Gasteiger partial charge in [-0.15, -0.1) is 10.2 Å². The molecule has 0 saturated heterocycles. The monoisotopic (exact) mass is 225 g/mol. The van der Waals surface area contributed by atoms with Crippen LogP contribution in [0, 0.1) is 0 Å². The van der Waals surface area contributed by atoms with Crippen molar-refractivity contribution in [3.8, 4) is 17.1 Å². The summed E-state index contributed by atoms with van der Waals surface area (Å²) in [6, 6.07) is 13.8. The molecule has 2 aromatic heterocycles. The third-order valence-corrected chi connectivity index (χ3v) is 2.65. The summed E-state index contributed by atoms with van der Waals surface area (Å²) in [6.45, 7) is 0. The first-order valence-corrected chi connectivity index (χ1v) is 5.33. The molecule has 1 aromatic carbocycles. The second kappa shape index (κ2) is 3.90. The van der Waals surface area contributed by atoms with E-state index in [0.29, 0.717) is 0 Å². The summed E-state index contributed by atoms with van der Waals surface area (Å²) >= 11 is 0. The second-order valence-electron chi connectivity index (χ2n) is 3.66. The maximum absolute atomic E-state index is 5.25. The van der Waals surface area contributed by atoms with Gasteiger partial charge >= 0.3 is 0 Å². The number of hydrogen-bond donors (Lipinski definition) is 0. The van der Waals surface area contributed by atoms with Gasteiger partial charge in [0.15, 0.2) is 11.6 Å². The van der Waals surface area contributed by atoms with Crippen LogP contribution in [0.1, 0.15) is 0 Å². The summed E-state index contributed by atoms with van der Waals surface area (Å²) in [4.78, 5) is 0. The first-order chi connectivity index (χ1) is 8.40. The van der Waals surface area contributed by atoms with Gasteiger partial charge in [0.2, 0.25) is 5.65 Å². The third-order valence-electron chi connectivity index (χ3n) is 2.65. The third kappa shape index (κ3) is 1.54. The van der Waals surface area contributed by atoms with Crippen molar-refractivity contribution >= 4 is 5.65 Å². The Bertz CT molecular complexity index is 646. The molecule has 0 aliphatic heterocycles. The van der Waals surface area contributed by atoms with Gasteiger partial charge in [-0.2, -0.15) is 0 Å². The molecular formula is C13H11N3O. The van der Waals surface area contributed by atoms with Gasteiger partial charge in [0, 0.05) is 11.8 Å². The van der Waals surface area contributed by atoms with Crippen LogP contribution in [0.25, 0.3) is 17.0 Å². The van der Waals surface area contributed by atoms with E-state index >= 15 is 0 Å². The summed E-state index contributed by atoms with van der Waals surface area (Å²) in [7, 11) is 1.63. The highest BCUT2D eigenvalue weighted by atomic mass is 16.5. The molecule has 3 aromatic rings. The minimum Gasteiger partial charge on any atom is -0.493 e. The Morgan fingerprint density at radius 3 is 2.59 bits per heavy atom. The van der Waals surface area contributed by atoms with Crippen LogP contribution in [-0.4, -0.2) is 21.7 Å². The average Bonchev–Trinajstić information content (AvgIpc) is 2.83. The number of nitrogens with zero attached hydrogens (tertiary/aromatic N) is 3. The van der Waals surface area contributed by atoms with Crippen LogP contribution in [0.5, 0.6) is 5.75 Å². The lowest BCUT2D eigenvalue weighted by Crippen LogP contribution is -1.91. The largest absolute Gasteiger partial charge is 0.493 e. The Morgan fingerprint density at radius 1 is 1.00 bits per heavy atom. The van der Waals surface area contributed by atoms with Gasteiger partial charge in [0.05, 0.1) is 7.11 Å². The number of fused-ring (bicyclic) bond motifs is 1. The van der Waals surface area contributed by atoms with Gasteiger partial charge in [-0.05, 0) is 12.1 Å². The molecule has 0 radical (unpaired) electrons. The molecule has 0 spiro atoms. The fourth-order valence-electron chi connectivity index (χ4n) is 1.83. The zero-order valence-electron chi connectivity index (χ0n) is 9.37. The van der Waals surface area contributed by atoms with Crippen molar-refractivity contribution in [1.29, 1.82) is 0 Å². The van der Waals surface area contributed by atoms with Crippen molar-refractivity contribution in [2.24, 2.45) is 0 Å². The Morgan fingerprint density at radius 2 is 1.82 bits per heavy atom. The second-order valence-corrected chi connectivity index (χ2v) is 3.66. The molecule has 0 fully saturated rings. The Balaban J connectivity index is 2.26. The highest BCUT2D eigenvalue weighted by Crippen LogP contribution is 2.22. The number of hydrogen-bond acceptors (Lipinski definition) is 3. The van der Waals surface area contributed by atoms with Gasteiger partial charge in [-0.25, -0.2) is 0 Å². The van der Waals surface area contributed by atoms with Crippen molar-refractivity contribution in [2.45, 2.75) is 0 Å². The molecule has 17 heavy (non-hydrogen) atoms. The SMILES string of the molecule is COc1cccn2c(-c3ccccc3)nnc12. The fraction of sp³-hybridized carbons (Fsp3) is 0.0769. The molecule has 0 aliphatic carbocycles. The number of aromatic nitrogens is 3. The molecule has 0 bridgehead atoms. The molecule has 84 valence electrons. The number of benzene rings is 1. The zero-order chi connectivity index (χ0) is 11.7. The summed E-state index contributed by atoms with van der Waals surface area (Å²) in [5.74, 6) is 1.54. The van der Waals surface area contributed by atoms with E-state index in [1.807, 2.05) is 53.1 Å². The van der Waals surface area contributed by atoms with E-state index in [1.54, 1.807) is 7.11 Å². The van der Waals surface area contributed by atoms with Gasteiger partial charge in [-0.1, -0.05) is 30.3 Å². The first kappa shape index (κ1) is 9.84. The normalized spacial score (nSPS) is 10.6. The molecule has 0 saturated carbocycles. The van der Waals surface area contributed by atoms with Crippen molar-refractivity contribution < 1.29 is 4.74 Å². The quantitative estimate of drug-likeness (QED) is 0.672. The summed E-state index contributed by atoms with van der Waals surface area (Å²) in [5, 5.41) is 8.36. The molecule has 4 heteroatoms. The lowest BCUT2D eigenvalue weighted by molar-refractivity contribution is 0.417. The van der Waals surface area contributed by atoms with Crippen LogP contribution in [0.3, 0.4) is 0 Å². The van der Waals surface area contributed by atoms with Crippen LogP contribution in [0.4, 0.5) is 0 Å². The molecule has 2 heterocycles. The highest BCUT2D eigenvalue weighted by molar-refractivity contribution is 5.63. The smallest absolute Gasteiger partial charge is 0.203 e. The average molecular weight is 225 g/mol. The predicted molar refractivity (Wildman–Crippen MR) is 65.0 cm³/mol. The molecule has 0 unspecified atom stereocenters. The molecule has 0 aliphatic rings. The van der Waals surface area contributed by atoms with Crippen molar-refractivity contribution in [3.63, 3.8) is 0 Å². The summed E-state index contributed by atoms with van der Waals surface area (Å²) in [6.07, 6.45) is 1.93. The predicted octanol–water partition coefficient (Wildman–Crippen LogP) is 2.40. The number of rotatable bonds is 2. The minimum atomic E-state index is 0.724. The summed E-state index contributed by atoms with van der Waals surface area (Å²) in [5.41, 5.74) is 1.77. The van der Waals surface area contributed by atoms with Gasteiger partial charge in [0.1, 0.15) is 0 Å². The van der Waals surface area contributed by atoms with E-state index in [0.717, 1.165) is 22.8 Å². The first-order valence-electron chi connectivity index (χ1n) is 5.33. The maximum atomic E-state index is 5.25. The Labute approximate surface area is 98.5 Å². The summed E-state index contributed by atoms with van der Waals surface area (Å²) < 4.78 is 7.18. The molecule has 3 rings (SSSR count). The Hall–Kier alpha value is -2.36. The maximum Gasteiger partial charge on any atom is 0.203 e. The van der Waals surface area contributed by atoms with Crippen molar-refractivity contribution in [2.75, 3.05) is 7.11 Å². The van der Waals surface area contributed by atoms with E-state index in [-0.39, 0.29) is 0 Å². The molecule has 4 nitrogen and oxygen atoms in total. The van der Waals surface area contributed by atoms with E-state index in [9.17, 15) is 0 Å². The molecule has 0 amide bonds. The van der Waals surface area contributed by atoms with Crippen molar-refractivity contribution in [3.05, 3.63) is 48.7 Å². The zero-order valence-corrected chi connectivity index (χ0v) is 9.37. The van der Waals surface area contributed by atoms with E-state index in [1.165, 1.54) is 0 Å². The molecule has 0 N–H and O–H groups in total. The van der Waals surface area contributed by atoms with Crippen LogP contribution < -0.4 is 4.74 Å². The lowest BCUT2D eigenvalue weighted by Gasteiger charge is -2.02. The highest BCUT2D eigenvalue weighted by Gasteiger charge is 2.10. The molecular weight excluding hydrogens is 214 g/mol. The van der Waals surface area contributed by atoms with E-state index in [2.05, 4.69) is 10.2 Å². The topological polar surface area (TPSA) is 39.4 Å².